The lowest BCUT2D eigenvalue weighted by molar-refractivity contribution is -0.154. The van der Waals surface area contributed by atoms with Crippen molar-refractivity contribution in [2.75, 3.05) is 26.8 Å². The number of rotatable bonds is 3. The second-order valence-electron chi connectivity index (χ2n) is 4.28. The topological polar surface area (TPSA) is 76.1 Å². The van der Waals surface area contributed by atoms with Crippen molar-refractivity contribution in [3.05, 3.63) is 14.2 Å². The summed E-state index contributed by atoms with van der Waals surface area (Å²) in [5.74, 6) is -0.788. The van der Waals surface area contributed by atoms with Gasteiger partial charge in [-0.25, -0.2) is 4.79 Å². The van der Waals surface area contributed by atoms with Crippen LogP contribution in [0.3, 0.4) is 0 Å². The lowest BCUT2D eigenvalue weighted by Gasteiger charge is -2.30. The Morgan fingerprint density at radius 2 is 2.25 bits per heavy atom. The van der Waals surface area contributed by atoms with E-state index in [0.717, 1.165) is 9.35 Å². The number of nitrogens with zero attached hydrogens (tertiary/aromatic N) is 1. The summed E-state index contributed by atoms with van der Waals surface area (Å²) in [5.41, 5.74) is 0. The van der Waals surface area contributed by atoms with E-state index in [1.165, 1.54) is 23.3 Å². The van der Waals surface area contributed by atoms with Crippen molar-refractivity contribution >= 4 is 39.1 Å². The molecule has 110 valence electrons. The average Bonchev–Trinajstić information content (AvgIpc) is 2.73. The van der Waals surface area contributed by atoms with Gasteiger partial charge in [0.15, 0.2) is 11.9 Å². The number of carbonyl (C=O) groups excluding carboxylic acids is 1. The van der Waals surface area contributed by atoms with E-state index in [4.69, 9.17) is 14.6 Å². The van der Waals surface area contributed by atoms with Crippen LogP contribution in [0.4, 0.5) is 0 Å². The molecule has 1 amide bonds. The molecule has 1 aliphatic heterocycles. The van der Waals surface area contributed by atoms with Crippen LogP contribution in [0, 0.1) is 6.92 Å². The van der Waals surface area contributed by atoms with Crippen LogP contribution < -0.4 is 4.74 Å². The Hall–Kier alpha value is -1.12. The molecule has 0 radical (unpaired) electrons. The third-order valence-corrected chi connectivity index (χ3v) is 5.29. The van der Waals surface area contributed by atoms with Crippen LogP contribution in [0.15, 0.2) is 4.47 Å². The van der Waals surface area contributed by atoms with Crippen molar-refractivity contribution in [2.24, 2.45) is 0 Å². The molecule has 0 aliphatic carbocycles. The number of halogens is 1. The van der Waals surface area contributed by atoms with Gasteiger partial charge in [-0.15, -0.1) is 11.3 Å². The predicted molar refractivity (Wildman–Crippen MR) is 76.6 cm³/mol. The quantitative estimate of drug-likeness (QED) is 0.885. The van der Waals surface area contributed by atoms with E-state index in [9.17, 15) is 9.59 Å². The minimum absolute atomic E-state index is 0.0475. The molecule has 0 aromatic carbocycles. The number of methoxy groups -OCH3 is 1. The van der Waals surface area contributed by atoms with Crippen molar-refractivity contribution in [1.82, 2.24) is 4.90 Å². The summed E-state index contributed by atoms with van der Waals surface area (Å²) in [6, 6.07) is 0. The van der Waals surface area contributed by atoms with E-state index in [-0.39, 0.29) is 19.1 Å². The molecule has 0 spiro atoms. The van der Waals surface area contributed by atoms with Crippen LogP contribution >= 0.6 is 27.3 Å². The number of carbonyl (C=O) groups is 2. The number of amides is 1. The average molecular weight is 364 g/mol. The fourth-order valence-corrected chi connectivity index (χ4v) is 3.67. The van der Waals surface area contributed by atoms with Crippen molar-refractivity contribution in [3.63, 3.8) is 0 Å². The minimum Gasteiger partial charge on any atom is -0.494 e. The standard InChI is InChI=1S/C12H14BrNO5S/c1-6-8(13)9(18-2)10(20-6)11(15)14-3-4-19-7(5-14)12(16)17/h7H,3-5H2,1-2H3,(H,16,17). The highest BCUT2D eigenvalue weighted by Gasteiger charge is 2.32. The molecule has 2 rings (SSSR count). The number of thiophene rings is 1. The van der Waals surface area contributed by atoms with E-state index in [1.807, 2.05) is 6.92 Å². The molecule has 1 aromatic heterocycles. The van der Waals surface area contributed by atoms with Crippen molar-refractivity contribution in [1.29, 1.82) is 0 Å². The van der Waals surface area contributed by atoms with Gasteiger partial charge in [-0.05, 0) is 22.9 Å². The van der Waals surface area contributed by atoms with E-state index in [1.54, 1.807) is 0 Å². The van der Waals surface area contributed by atoms with Crippen molar-refractivity contribution in [2.45, 2.75) is 13.0 Å². The summed E-state index contributed by atoms with van der Waals surface area (Å²) in [6.07, 6.45) is -0.969. The highest BCUT2D eigenvalue weighted by Crippen LogP contribution is 2.39. The van der Waals surface area contributed by atoms with Gasteiger partial charge in [0.25, 0.3) is 5.91 Å². The summed E-state index contributed by atoms with van der Waals surface area (Å²) < 4.78 is 11.1. The number of carboxylic acids is 1. The van der Waals surface area contributed by atoms with Crippen LogP contribution in [0.1, 0.15) is 14.5 Å². The fourth-order valence-electron chi connectivity index (χ4n) is 1.95. The molecule has 8 heteroatoms. The minimum atomic E-state index is -1.06. The predicted octanol–water partition coefficient (Wildman–Crippen LogP) is 1.75. The number of hydrogen-bond donors (Lipinski definition) is 1. The van der Waals surface area contributed by atoms with Crippen LogP contribution in [0.25, 0.3) is 0 Å². The van der Waals surface area contributed by atoms with Gasteiger partial charge >= 0.3 is 5.97 Å². The molecule has 2 heterocycles. The summed E-state index contributed by atoms with van der Waals surface area (Å²) >= 11 is 4.71. The Labute approximate surface area is 128 Å². The smallest absolute Gasteiger partial charge is 0.334 e. The lowest BCUT2D eigenvalue weighted by Crippen LogP contribution is -2.48. The van der Waals surface area contributed by atoms with E-state index >= 15 is 0 Å². The van der Waals surface area contributed by atoms with Gasteiger partial charge in [0.2, 0.25) is 0 Å². The number of aryl methyl sites for hydroxylation is 1. The van der Waals surface area contributed by atoms with Gasteiger partial charge in [-0.1, -0.05) is 0 Å². The second-order valence-corrected chi connectivity index (χ2v) is 6.30. The first kappa shape index (κ1) is 15.3. The Balaban J connectivity index is 2.23. The monoisotopic (exact) mass is 363 g/mol. The first-order chi connectivity index (χ1) is 9.45. The largest absolute Gasteiger partial charge is 0.494 e. The Morgan fingerprint density at radius 1 is 1.55 bits per heavy atom. The summed E-state index contributed by atoms with van der Waals surface area (Å²) in [6.45, 7) is 2.52. The number of ether oxygens (including phenoxy) is 2. The maximum atomic E-state index is 12.5. The van der Waals surface area contributed by atoms with Gasteiger partial charge in [-0.3, -0.25) is 4.79 Å². The Kier molecular flexibility index (Phi) is 4.66. The molecule has 1 aliphatic rings. The zero-order valence-electron chi connectivity index (χ0n) is 11.0. The molecule has 20 heavy (non-hydrogen) atoms. The number of carboxylic acid groups (broad SMARTS) is 1. The van der Waals surface area contributed by atoms with Gasteiger partial charge in [-0.2, -0.15) is 0 Å². The van der Waals surface area contributed by atoms with Gasteiger partial charge in [0.05, 0.1) is 24.7 Å². The van der Waals surface area contributed by atoms with Crippen LogP contribution in [0.5, 0.6) is 5.75 Å². The highest BCUT2D eigenvalue weighted by atomic mass is 79.9. The van der Waals surface area contributed by atoms with Crippen LogP contribution in [0.2, 0.25) is 0 Å². The van der Waals surface area contributed by atoms with E-state index in [0.29, 0.717) is 17.2 Å². The molecule has 1 unspecified atom stereocenters. The third-order valence-electron chi connectivity index (χ3n) is 3.00. The second kappa shape index (κ2) is 6.11. The molecule has 1 atom stereocenters. The lowest BCUT2D eigenvalue weighted by atomic mass is 10.2. The van der Waals surface area contributed by atoms with Gasteiger partial charge in [0, 0.05) is 11.4 Å². The van der Waals surface area contributed by atoms with E-state index < -0.39 is 12.1 Å². The summed E-state index contributed by atoms with van der Waals surface area (Å²) in [4.78, 5) is 26.3. The van der Waals surface area contributed by atoms with Crippen molar-refractivity contribution < 1.29 is 24.2 Å². The molecule has 0 bridgehead atoms. The summed E-state index contributed by atoms with van der Waals surface area (Å²) in [7, 11) is 1.50. The maximum absolute atomic E-state index is 12.5. The fraction of sp³-hybridized carbons (Fsp3) is 0.500. The SMILES string of the molecule is COc1c(C(=O)N2CCOC(C(=O)O)C2)sc(C)c1Br. The summed E-state index contributed by atoms with van der Waals surface area (Å²) in [5, 5.41) is 8.96. The molecule has 6 nitrogen and oxygen atoms in total. The first-order valence-corrected chi connectivity index (χ1v) is 7.53. The Bertz CT molecular complexity index is 544. The molecule has 1 saturated heterocycles. The third kappa shape index (κ3) is 2.82. The highest BCUT2D eigenvalue weighted by molar-refractivity contribution is 9.10. The zero-order valence-corrected chi connectivity index (χ0v) is 13.4. The number of aliphatic carboxylic acids is 1. The molecule has 1 fully saturated rings. The van der Waals surface area contributed by atoms with E-state index in [2.05, 4.69) is 15.9 Å². The Morgan fingerprint density at radius 3 is 2.85 bits per heavy atom. The molecular weight excluding hydrogens is 350 g/mol. The number of hydrogen-bond acceptors (Lipinski definition) is 5. The first-order valence-electron chi connectivity index (χ1n) is 5.92. The maximum Gasteiger partial charge on any atom is 0.334 e. The van der Waals surface area contributed by atoms with Gasteiger partial charge in [0.1, 0.15) is 4.88 Å². The molecular formula is C12H14BrNO5S. The van der Waals surface area contributed by atoms with Crippen molar-refractivity contribution in [3.8, 4) is 5.75 Å². The number of morpholine rings is 1. The molecule has 1 aromatic rings. The zero-order chi connectivity index (χ0) is 14.9. The van der Waals surface area contributed by atoms with Crippen LogP contribution in [-0.4, -0.2) is 54.8 Å². The molecule has 0 saturated carbocycles. The molecule has 1 N–H and O–H groups in total. The van der Waals surface area contributed by atoms with Gasteiger partial charge < -0.3 is 19.5 Å². The normalized spacial score (nSPS) is 18.9. The van der Waals surface area contributed by atoms with Crippen LogP contribution in [-0.2, 0) is 9.53 Å².